The van der Waals surface area contributed by atoms with E-state index in [9.17, 15) is 4.79 Å². The first-order chi connectivity index (χ1) is 12.6. The quantitative estimate of drug-likeness (QED) is 0.741. The van der Waals surface area contributed by atoms with E-state index in [0.717, 1.165) is 24.0 Å². The first-order valence-electron chi connectivity index (χ1n) is 9.11. The van der Waals surface area contributed by atoms with Gasteiger partial charge in [-0.05, 0) is 75.6 Å². The number of hydrogen-bond donors (Lipinski definition) is 1. The lowest BCUT2D eigenvalue weighted by atomic mass is 9.94. The van der Waals surface area contributed by atoms with Gasteiger partial charge in [-0.1, -0.05) is 34.1 Å². The van der Waals surface area contributed by atoms with Gasteiger partial charge in [-0.15, -0.1) is 0 Å². The molecule has 0 aromatic heterocycles. The molecule has 1 fully saturated rings. The van der Waals surface area contributed by atoms with Crippen LogP contribution in [0.1, 0.15) is 29.6 Å². The molecule has 5 heteroatoms. The summed E-state index contributed by atoms with van der Waals surface area (Å²) in [6.07, 6.45) is 3.47. The highest BCUT2D eigenvalue weighted by atomic mass is 79.9. The van der Waals surface area contributed by atoms with E-state index in [-0.39, 0.29) is 5.91 Å². The first-order valence-corrected chi connectivity index (χ1v) is 9.90. The highest BCUT2D eigenvalue weighted by Gasteiger charge is 2.17. The summed E-state index contributed by atoms with van der Waals surface area (Å²) in [6.45, 7) is 3.02. The normalized spacial score (nSPS) is 15.6. The van der Waals surface area contributed by atoms with E-state index in [1.54, 1.807) is 6.07 Å². The number of nitrogens with one attached hydrogen (secondary N) is 1. The van der Waals surface area contributed by atoms with Gasteiger partial charge in [0, 0.05) is 11.0 Å². The molecular formula is C21H25BrN2O2. The van der Waals surface area contributed by atoms with Gasteiger partial charge in [-0.25, -0.2) is 0 Å². The van der Waals surface area contributed by atoms with E-state index in [4.69, 9.17) is 4.74 Å². The number of carbonyl (C=O) groups excluding carboxylic acids is 1. The minimum atomic E-state index is -0.0801. The van der Waals surface area contributed by atoms with Crippen molar-refractivity contribution in [2.75, 3.05) is 26.7 Å². The van der Waals surface area contributed by atoms with Crippen molar-refractivity contribution in [1.29, 1.82) is 0 Å². The largest absolute Gasteiger partial charge is 0.456 e. The van der Waals surface area contributed by atoms with E-state index >= 15 is 0 Å². The zero-order valence-electron chi connectivity index (χ0n) is 15.1. The molecule has 3 rings (SSSR count). The second-order valence-electron chi connectivity index (χ2n) is 6.85. The predicted octanol–water partition coefficient (Wildman–Crippen LogP) is 4.70. The molecule has 0 radical (unpaired) electrons. The average Bonchev–Trinajstić information content (AvgIpc) is 2.64. The van der Waals surface area contributed by atoms with Crippen molar-refractivity contribution in [3.63, 3.8) is 0 Å². The summed E-state index contributed by atoms with van der Waals surface area (Å²) in [5.74, 6) is 1.90. The maximum absolute atomic E-state index is 12.6. The van der Waals surface area contributed by atoms with Gasteiger partial charge in [0.05, 0.1) is 5.56 Å². The van der Waals surface area contributed by atoms with Crippen molar-refractivity contribution in [2.24, 2.45) is 5.92 Å². The molecule has 1 saturated heterocycles. The summed E-state index contributed by atoms with van der Waals surface area (Å²) >= 11 is 3.44. The Morgan fingerprint density at radius 2 is 1.96 bits per heavy atom. The smallest absolute Gasteiger partial charge is 0.255 e. The van der Waals surface area contributed by atoms with Gasteiger partial charge < -0.3 is 15.0 Å². The van der Waals surface area contributed by atoms with Crippen molar-refractivity contribution in [3.05, 3.63) is 58.6 Å². The molecule has 1 amide bonds. The number of likely N-dealkylation sites (tertiary alicyclic amines) is 1. The molecular weight excluding hydrogens is 392 g/mol. The van der Waals surface area contributed by atoms with Crippen molar-refractivity contribution in [1.82, 2.24) is 10.2 Å². The number of amides is 1. The number of ether oxygens (including phenoxy) is 1. The highest BCUT2D eigenvalue weighted by molar-refractivity contribution is 9.10. The maximum atomic E-state index is 12.6. The van der Waals surface area contributed by atoms with Crippen LogP contribution in [0.15, 0.2) is 53.0 Å². The fraction of sp³-hybridized carbons (Fsp3) is 0.381. The van der Waals surface area contributed by atoms with Crippen molar-refractivity contribution in [2.45, 2.75) is 19.3 Å². The minimum Gasteiger partial charge on any atom is -0.456 e. The Labute approximate surface area is 163 Å². The Hall–Kier alpha value is -1.85. The fourth-order valence-electron chi connectivity index (χ4n) is 3.24. The molecule has 138 valence electrons. The van der Waals surface area contributed by atoms with Crippen LogP contribution in [0, 0.1) is 5.92 Å². The van der Waals surface area contributed by atoms with Crippen LogP contribution in [0.25, 0.3) is 0 Å². The minimum absolute atomic E-state index is 0.0801. The third kappa shape index (κ3) is 5.32. The van der Waals surface area contributed by atoms with Crippen LogP contribution < -0.4 is 10.1 Å². The first kappa shape index (κ1) is 18.9. The van der Waals surface area contributed by atoms with E-state index in [2.05, 4.69) is 33.2 Å². The fourth-order valence-corrected chi connectivity index (χ4v) is 3.61. The summed E-state index contributed by atoms with van der Waals surface area (Å²) in [5.41, 5.74) is 0.566. The molecule has 0 bridgehead atoms. The average molecular weight is 417 g/mol. The lowest BCUT2D eigenvalue weighted by molar-refractivity contribution is 0.0946. The molecule has 0 atom stereocenters. The lowest BCUT2D eigenvalue weighted by Crippen LogP contribution is -2.32. The van der Waals surface area contributed by atoms with Gasteiger partial charge in [0.25, 0.3) is 5.91 Å². The van der Waals surface area contributed by atoms with Crippen LogP contribution in [0.2, 0.25) is 0 Å². The van der Waals surface area contributed by atoms with Crippen molar-refractivity contribution >= 4 is 21.8 Å². The summed E-state index contributed by atoms with van der Waals surface area (Å²) in [7, 11) is 2.17. The zero-order valence-corrected chi connectivity index (χ0v) is 16.7. The number of para-hydroxylation sites is 1. The number of benzene rings is 2. The van der Waals surface area contributed by atoms with Crippen molar-refractivity contribution < 1.29 is 9.53 Å². The monoisotopic (exact) mass is 416 g/mol. The molecule has 1 aliphatic heterocycles. The third-order valence-electron chi connectivity index (χ3n) is 4.83. The van der Waals surface area contributed by atoms with Gasteiger partial charge in [-0.3, -0.25) is 4.79 Å². The van der Waals surface area contributed by atoms with E-state index in [0.29, 0.717) is 29.5 Å². The Morgan fingerprint density at radius 1 is 1.19 bits per heavy atom. The van der Waals surface area contributed by atoms with E-state index < -0.39 is 0 Å². The number of halogens is 1. The third-order valence-corrected chi connectivity index (χ3v) is 5.33. The molecule has 1 aliphatic rings. The van der Waals surface area contributed by atoms with Crippen LogP contribution in [0.3, 0.4) is 0 Å². The van der Waals surface area contributed by atoms with E-state index in [1.807, 2.05) is 42.5 Å². The standard InChI is InChI=1S/C21H25BrN2O2/c1-24-13-10-16(11-14-24)9-12-23-21(25)19-7-2-3-8-20(19)26-18-6-4-5-17(22)15-18/h2-8,15-16H,9-14H2,1H3,(H,23,25). The maximum Gasteiger partial charge on any atom is 0.255 e. The van der Waals surface area contributed by atoms with Gasteiger partial charge >= 0.3 is 0 Å². The molecule has 0 aliphatic carbocycles. The van der Waals surface area contributed by atoms with Gasteiger partial charge in [0.15, 0.2) is 0 Å². The Balaban J connectivity index is 1.57. The molecule has 2 aromatic carbocycles. The number of carbonyl (C=O) groups is 1. The summed E-state index contributed by atoms with van der Waals surface area (Å²) in [4.78, 5) is 15.0. The van der Waals surface area contributed by atoms with Crippen LogP contribution in [0.4, 0.5) is 0 Å². The lowest BCUT2D eigenvalue weighted by Gasteiger charge is -2.28. The molecule has 4 nitrogen and oxygen atoms in total. The van der Waals surface area contributed by atoms with Crippen LogP contribution in [-0.2, 0) is 0 Å². The molecule has 1 heterocycles. The summed E-state index contributed by atoms with van der Waals surface area (Å²) < 4.78 is 6.86. The topological polar surface area (TPSA) is 41.6 Å². The molecule has 1 N–H and O–H groups in total. The Kier molecular flexibility index (Phi) is 6.69. The predicted molar refractivity (Wildman–Crippen MR) is 108 cm³/mol. The number of rotatable bonds is 6. The number of piperidine rings is 1. The number of nitrogens with zero attached hydrogens (tertiary/aromatic N) is 1. The second kappa shape index (κ2) is 9.19. The molecule has 2 aromatic rings. The van der Waals surface area contributed by atoms with E-state index in [1.165, 1.54) is 12.8 Å². The SMILES string of the molecule is CN1CCC(CCNC(=O)c2ccccc2Oc2cccc(Br)c2)CC1. The number of hydrogen-bond acceptors (Lipinski definition) is 3. The molecule has 0 unspecified atom stereocenters. The summed E-state index contributed by atoms with van der Waals surface area (Å²) in [5, 5.41) is 3.05. The van der Waals surface area contributed by atoms with Crippen LogP contribution >= 0.6 is 15.9 Å². The van der Waals surface area contributed by atoms with Crippen LogP contribution in [0.5, 0.6) is 11.5 Å². The van der Waals surface area contributed by atoms with Crippen molar-refractivity contribution in [3.8, 4) is 11.5 Å². The molecule has 0 spiro atoms. The zero-order chi connectivity index (χ0) is 18.4. The van der Waals surface area contributed by atoms with Gasteiger partial charge in [0.1, 0.15) is 11.5 Å². The van der Waals surface area contributed by atoms with Crippen LogP contribution in [-0.4, -0.2) is 37.5 Å². The second-order valence-corrected chi connectivity index (χ2v) is 7.76. The molecule has 0 saturated carbocycles. The van der Waals surface area contributed by atoms with Gasteiger partial charge in [-0.2, -0.15) is 0 Å². The highest BCUT2D eigenvalue weighted by Crippen LogP contribution is 2.27. The van der Waals surface area contributed by atoms with Gasteiger partial charge in [0.2, 0.25) is 0 Å². The Morgan fingerprint density at radius 3 is 2.73 bits per heavy atom. The molecule has 26 heavy (non-hydrogen) atoms. The summed E-state index contributed by atoms with van der Waals surface area (Å²) in [6, 6.07) is 15.0. The Bertz CT molecular complexity index is 742.